The Hall–Kier alpha value is -3.51. The average molecular weight is 452 g/mol. The van der Waals surface area contributed by atoms with E-state index in [1.807, 2.05) is 0 Å². The molecule has 0 saturated carbocycles. The van der Waals surface area contributed by atoms with Crippen molar-refractivity contribution in [3.63, 3.8) is 0 Å². The van der Waals surface area contributed by atoms with Crippen molar-refractivity contribution >= 4 is 29.7 Å². The highest BCUT2D eigenvalue weighted by molar-refractivity contribution is 5.94. The number of carboxylic acid groups (broad SMARTS) is 2. The van der Waals surface area contributed by atoms with E-state index in [9.17, 15) is 24.0 Å². The minimum absolute atomic E-state index is 0.0228. The minimum Gasteiger partial charge on any atom is -0.481 e. The van der Waals surface area contributed by atoms with Gasteiger partial charge in [-0.2, -0.15) is 0 Å². The SMILES string of the molecule is CC(NC(=O)C(N)CCC(=O)O)C(=O)NC(Cc1ccccc1)C(=O)NC(CO)C(=O)O. The van der Waals surface area contributed by atoms with E-state index in [0.717, 1.165) is 0 Å². The molecule has 0 aliphatic rings. The lowest BCUT2D eigenvalue weighted by molar-refractivity contribution is -0.143. The Kier molecular flexibility index (Phi) is 10.8. The van der Waals surface area contributed by atoms with Gasteiger partial charge in [-0.15, -0.1) is 0 Å². The van der Waals surface area contributed by atoms with Crippen molar-refractivity contribution in [1.82, 2.24) is 16.0 Å². The van der Waals surface area contributed by atoms with Crippen molar-refractivity contribution in [1.29, 1.82) is 0 Å². The van der Waals surface area contributed by atoms with Gasteiger partial charge in [-0.05, 0) is 18.9 Å². The first-order chi connectivity index (χ1) is 15.0. The Morgan fingerprint density at radius 1 is 0.906 bits per heavy atom. The highest BCUT2D eigenvalue weighted by Crippen LogP contribution is 2.05. The predicted molar refractivity (Wildman–Crippen MR) is 111 cm³/mol. The van der Waals surface area contributed by atoms with Crippen LogP contribution >= 0.6 is 0 Å². The summed E-state index contributed by atoms with van der Waals surface area (Å²) in [7, 11) is 0. The second-order valence-electron chi connectivity index (χ2n) is 7.10. The quantitative estimate of drug-likeness (QED) is 0.176. The first-order valence-corrected chi connectivity index (χ1v) is 9.81. The van der Waals surface area contributed by atoms with Crippen LogP contribution in [0.25, 0.3) is 0 Å². The van der Waals surface area contributed by atoms with Gasteiger partial charge in [-0.3, -0.25) is 19.2 Å². The predicted octanol–water partition coefficient (Wildman–Crippen LogP) is -2.03. The largest absolute Gasteiger partial charge is 0.481 e. The summed E-state index contributed by atoms with van der Waals surface area (Å²) in [6.07, 6.45) is -0.411. The molecule has 32 heavy (non-hydrogen) atoms. The lowest BCUT2D eigenvalue weighted by Crippen LogP contribution is -2.57. The summed E-state index contributed by atoms with van der Waals surface area (Å²) in [5.41, 5.74) is 6.29. The van der Waals surface area contributed by atoms with E-state index >= 15 is 0 Å². The third-order valence-corrected chi connectivity index (χ3v) is 4.47. The van der Waals surface area contributed by atoms with Crippen molar-refractivity contribution < 1.29 is 39.3 Å². The molecule has 0 radical (unpaired) electrons. The number of carbonyl (C=O) groups is 5. The topological polar surface area (TPSA) is 208 Å². The third kappa shape index (κ3) is 9.10. The number of aliphatic hydroxyl groups excluding tert-OH is 1. The second-order valence-corrected chi connectivity index (χ2v) is 7.10. The van der Waals surface area contributed by atoms with E-state index in [1.54, 1.807) is 30.3 Å². The van der Waals surface area contributed by atoms with Crippen LogP contribution in [0.5, 0.6) is 0 Å². The number of hydrogen-bond acceptors (Lipinski definition) is 7. The molecule has 4 atom stereocenters. The molecule has 0 aliphatic carbocycles. The van der Waals surface area contributed by atoms with E-state index in [-0.39, 0.29) is 19.3 Å². The van der Waals surface area contributed by atoms with Crippen LogP contribution in [0.15, 0.2) is 30.3 Å². The van der Waals surface area contributed by atoms with Crippen LogP contribution in [0.4, 0.5) is 0 Å². The molecular formula is C20H28N4O8. The minimum atomic E-state index is -1.55. The zero-order chi connectivity index (χ0) is 24.3. The Bertz CT molecular complexity index is 817. The first-order valence-electron chi connectivity index (χ1n) is 9.81. The van der Waals surface area contributed by atoms with Gasteiger partial charge >= 0.3 is 11.9 Å². The number of carbonyl (C=O) groups excluding carboxylic acids is 3. The molecular weight excluding hydrogens is 424 g/mol. The molecule has 1 rings (SSSR count). The van der Waals surface area contributed by atoms with Gasteiger partial charge in [0.2, 0.25) is 17.7 Å². The molecule has 12 nitrogen and oxygen atoms in total. The Labute approximate surface area is 184 Å². The molecule has 12 heteroatoms. The molecule has 4 unspecified atom stereocenters. The molecule has 0 heterocycles. The van der Waals surface area contributed by atoms with E-state index in [1.165, 1.54) is 6.92 Å². The van der Waals surface area contributed by atoms with Crippen LogP contribution in [0.3, 0.4) is 0 Å². The molecule has 1 aromatic carbocycles. The normalized spacial score (nSPS) is 14.3. The molecule has 0 bridgehead atoms. The summed E-state index contributed by atoms with van der Waals surface area (Å²) in [5.74, 6) is -4.86. The van der Waals surface area contributed by atoms with Crippen LogP contribution in [0.1, 0.15) is 25.3 Å². The first kappa shape index (κ1) is 26.5. The number of aliphatic hydroxyl groups is 1. The Morgan fingerprint density at radius 2 is 1.50 bits per heavy atom. The summed E-state index contributed by atoms with van der Waals surface area (Å²) < 4.78 is 0. The third-order valence-electron chi connectivity index (χ3n) is 4.47. The standard InChI is InChI=1S/C20H28N4O8/c1-11(22-18(29)13(21)7-8-16(26)27)17(28)23-14(9-12-5-3-2-4-6-12)19(30)24-15(10-25)20(31)32/h2-6,11,13-15,25H,7-10,21H2,1H3,(H,22,29)(H,23,28)(H,24,30)(H,26,27)(H,31,32). The number of amides is 3. The zero-order valence-corrected chi connectivity index (χ0v) is 17.5. The molecule has 8 N–H and O–H groups in total. The summed E-state index contributed by atoms with van der Waals surface area (Å²) in [6, 6.07) is 3.63. The number of benzene rings is 1. The second kappa shape index (κ2) is 13.0. The fourth-order valence-corrected chi connectivity index (χ4v) is 2.61. The highest BCUT2D eigenvalue weighted by atomic mass is 16.4. The number of hydrogen-bond donors (Lipinski definition) is 7. The monoisotopic (exact) mass is 452 g/mol. The van der Waals surface area contributed by atoms with E-state index < -0.39 is 60.4 Å². The molecule has 0 aliphatic heterocycles. The van der Waals surface area contributed by atoms with Gasteiger partial charge in [0.15, 0.2) is 0 Å². The van der Waals surface area contributed by atoms with E-state index in [2.05, 4.69) is 16.0 Å². The number of rotatable bonds is 13. The summed E-state index contributed by atoms with van der Waals surface area (Å²) in [5, 5.41) is 33.8. The maximum Gasteiger partial charge on any atom is 0.328 e. The average Bonchev–Trinajstić information content (AvgIpc) is 2.75. The molecule has 0 saturated heterocycles. The number of aliphatic carboxylic acids is 2. The number of nitrogens with two attached hydrogens (primary N) is 1. The summed E-state index contributed by atoms with van der Waals surface area (Å²) >= 11 is 0. The van der Waals surface area contributed by atoms with Crippen LogP contribution in [0.2, 0.25) is 0 Å². The van der Waals surface area contributed by atoms with E-state index in [0.29, 0.717) is 5.56 Å². The fraction of sp³-hybridized carbons (Fsp3) is 0.450. The Balaban J connectivity index is 2.84. The van der Waals surface area contributed by atoms with Crippen LogP contribution < -0.4 is 21.7 Å². The van der Waals surface area contributed by atoms with Gasteiger partial charge in [0, 0.05) is 12.8 Å². The van der Waals surface area contributed by atoms with Gasteiger partial charge in [0.1, 0.15) is 18.1 Å². The van der Waals surface area contributed by atoms with E-state index in [4.69, 9.17) is 21.1 Å². The van der Waals surface area contributed by atoms with Crippen LogP contribution in [-0.4, -0.2) is 75.8 Å². The lowest BCUT2D eigenvalue weighted by atomic mass is 10.0. The van der Waals surface area contributed by atoms with Gasteiger partial charge in [0.25, 0.3) is 0 Å². The van der Waals surface area contributed by atoms with Crippen molar-refractivity contribution in [3.8, 4) is 0 Å². The van der Waals surface area contributed by atoms with Gasteiger partial charge < -0.3 is 37.0 Å². The fourth-order valence-electron chi connectivity index (χ4n) is 2.61. The number of carboxylic acids is 2. The molecule has 176 valence electrons. The van der Waals surface area contributed by atoms with Gasteiger partial charge in [-0.1, -0.05) is 30.3 Å². The van der Waals surface area contributed by atoms with Gasteiger partial charge in [0.05, 0.1) is 12.6 Å². The molecule has 0 fully saturated rings. The molecule has 1 aromatic rings. The van der Waals surface area contributed by atoms with Crippen molar-refractivity contribution in [2.45, 2.75) is 50.4 Å². The molecule has 3 amide bonds. The van der Waals surface area contributed by atoms with Crippen LogP contribution in [0, 0.1) is 0 Å². The summed E-state index contributed by atoms with van der Waals surface area (Å²) in [4.78, 5) is 58.9. The van der Waals surface area contributed by atoms with Gasteiger partial charge in [-0.25, -0.2) is 4.79 Å². The zero-order valence-electron chi connectivity index (χ0n) is 17.5. The summed E-state index contributed by atoms with van der Waals surface area (Å²) in [6.45, 7) is 0.510. The maximum atomic E-state index is 12.6. The van der Waals surface area contributed by atoms with Crippen molar-refractivity contribution in [2.75, 3.05) is 6.61 Å². The lowest BCUT2D eigenvalue weighted by Gasteiger charge is -2.23. The van der Waals surface area contributed by atoms with Crippen molar-refractivity contribution in [3.05, 3.63) is 35.9 Å². The number of nitrogens with one attached hydrogen (secondary N) is 3. The van der Waals surface area contributed by atoms with Crippen molar-refractivity contribution in [2.24, 2.45) is 5.73 Å². The Morgan fingerprint density at radius 3 is 2.03 bits per heavy atom. The highest BCUT2D eigenvalue weighted by Gasteiger charge is 2.28. The van der Waals surface area contributed by atoms with Crippen LogP contribution in [-0.2, 0) is 30.4 Å². The maximum absolute atomic E-state index is 12.6. The smallest absolute Gasteiger partial charge is 0.328 e. The molecule has 0 spiro atoms. The molecule has 0 aromatic heterocycles.